The Bertz CT molecular complexity index is 146. The van der Waals surface area contributed by atoms with E-state index in [0.29, 0.717) is 0 Å². The van der Waals surface area contributed by atoms with Crippen molar-refractivity contribution in [2.24, 2.45) is 11.5 Å². The van der Waals surface area contributed by atoms with Crippen LogP contribution in [0.2, 0.25) is 0 Å². The molecule has 0 bridgehead atoms. The third-order valence-electron chi connectivity index (χ3n) is 1.03. The molecule has 0 rings (SSSR count). The molecule has 1 unspecified atom stereocenters. The van der Waals surface area contributed by atoms with Gasteiger partial charge in [0.25, 0.3) is 0 Å². The fraction of sp³-hybridized carbons (Fsp3) is 0.600. The fourth-order valence-corrected chi connectivity index (χ4v) is 0.421. The van der Waals surface area contributed by atoms with Crippen molar-refractivity contribution < 1.29 is 14.7 Å². The molecule has 0 aromatic rings. The Morgan fingerprint density at radius 1 is 1.50 bits per heavy atom. The molecule has 0 aliphatic carbocycles. The molecule has 0 radical (unpaired) electrons. The normalized spacial score (nSPS) is 12.5. The van der Waals surface area contributed by atoms with Crippen molar-refractivity contribution in [1.82, 2.24) is 0 Å². The van der Waals surface area contributed by atoms with Gasteiger partial charge < -0.3 is 16.6 Å². The molecule has 5 heteroatoms. The topological polar surface area (TPSA) is 106 Å². The Morgan fingerprint density at radius 2 is 2.00 bits per heavy atom. The van der Waals surface area contributed by atoms with Crippen molar-refractivity contribution in [2.75, 3.05) is 0 Å². The number of rotatable bonds is 4. The van der Waals surface area contributed by atoms with E-state index < -0.39 is 17.9 Å². The SMILES string of the molecule is NC(=O)C(N)CCC(=O)O. The Hall–Kier alpha value is -1.10. The highest BCUT2D eigenvalue weighted by Gasteiger charge is 2.10. The standard InChI is InChI=1S/C5H10N2O3/c6-3(5(7)10)1-2-4(8)9/h3H,1-2,6H2,(H2,7,10)(H,8,9). The van der Waals surface area contributed by atoms with Crippen LogP contribution < -0.4 is 11.5 Å². The van der Waals surface area contributed by atoms with Gasteiger partial charge in [-0.05, 0) is 6.42 Å². The van der Waals surface area contributed by atoms with Crippen LogP contribution in [0, 0.1) is 0 Å². The lowest BCUT2D eigenvalue weighted by Crippen LogP contribution is -2.36. The molecule has 0 spiro atoms. The molecule has 0 fully saturated rings. The van der Waals surface area contributed by atoms with Crippen LogP contribution in [0.1, 0.15) is 12.8 Å². The van der Waals surface area contributed by atoms with Crippen LogP contribution in [0.3, 0.4) is 0 Å². The van der Waals surface area contributed by atoms with Crippen molar-refractivity contribution >= 4 is 11.9 Å². The van der Waals surface area contributed by atoms with Gasteiger partial charge in [-0.15, -0.1) is 0 Å². The summed E-state index contributed by atoms with van der Waals surface area (Å²) < 4.78 is 0. The number of hydrogen-bond acceptors (Lipinski definition) is 3. The van der Waals surface area contributed by atoms with Crippen molar-refractivity contribution in [1.29, 1.82) is 0 Å². The molecule has 0 saturated carbocycles. The van der Waals surface area contributed by atoms with E-state index in [1.54, 1.807) is 0 Å². The van der Waals surface area contributed by atoms with Crippen molar-refractivity contribution in [3.63, 3.8) is 0 Å². The molecule has 58 valence electrons. The maximum absolute atomic E-state index is 10.2. The lowest BCUT2D eigenvalue weighted by Gasteiger charge is -2.02. The number of amides is 1. The first-order valence-corrected chi connectivity index (χ1v) is 2.80. The van der Waals surface area contributed by atoms with Crippen molar-refractivity contribution in [3.8, 4) is 0 Å². The number of carboxylic acids is 1. The first-order valence-electron chi connectivity index (χ1n) is 2.80. The highest BCUT2D eigenvalue weighted by Crippen LogP contribution is 1.92. The molecule has 1 atom stereocenters. The van der Waals surface area contributed by atoms with E-state index in [2.05, 4.69) is 0 Å². The third-order valence-corrected chi connectivity index (χ3v) is 1.03. The highest BCUT2D eigenvalue weighted by atomic mass is 16.4. The van der Waals surface area contributed by atoms with E-state index in [-0.39, 0.29) is 12.8 Å². The number of carbonyl (C=O) groups is 2. The fourth-order valence-electron chi connectivity index (χ4n) is 0.421. The smallest absolute Gasteiger partial charge is 0.303 e. The highest BCUT2D eigenvalue weighted by molar-refractivity contribution is 5.80. The summed E-state index contributed by atoms with van der Waals surface area (Å²) in [5, 5.41) is 8.14. The van der Waals surface area contributed by atoms with Gasteiger partial charge in [-0.2, -0.15) is 0 Å². The third kappa shape index (κ3) is 3.85. The Labute approximate surface area is 58.0 Å². The van der Waals surface area contributed by atoms with Gasteiger partial charge in [0.15, 0.2) is 0 Å². The van der Waals surface area contributed by atoms with Gasteiger partial charge in [-0.3, -0.25) is 9.59 Å². The van der Waals surface area contributed by atoms with E-state index in [1.807, 2.05) is 0 Å². The second kappa shape index (κ2) is 3.84. The number of carbonyl (C=O) groups excluding carboxylic acids is 1. The largest absolute Gasteiger partial charge is 0.481 e. The maximum atomic E-state index is 10.2. The summed E-state index contributed by atoms with van der Waals surface area (Å²) in [6.45, 7) is 0. The molecule has 1 amide bonds. The summed E-state index contributed by atoms with van der Waals surface area (Å²) in [6.07, 6.45) is -0.0191. The zero-order valence-corrected chi connectivity index (χ0v) is 5.41. The van der Waals surface area contributed by atoms with Crippen LogP contribution in [0.5, 0.6) is 0 Å². The summed E-state index contributed by atoms with van der Waals surface area (Å²) in [7, 11) is 0. The van der Waals surface area contributed by atoms with Crippen molar-refractivity contribution in [2.45, 2.75) is 18.9 Å². The van der Waals surface area contributed by atoms with Gasteiger partial charge >= 0.3 is 5.97 Å². The van der Waals surface area contributed by atoms with Gasteiger partial charge in [0, 0.05) is 6.42 Å². The maximum Gasteiger partial charge on any atom is 0.303 e. The zero-order chi connectivity index (χ0) is 8.15. The lowest BCUT2D eigenvalue weighted by molar-refractivity contribution is -0.137. The molecular formula is C5H10N2O3. The minimum absolute atomic E-state index is 0.102. The average molecular weight is 146 g/mol. The molecule has 0 aliphatic heterocycles. The van der Waals surface area contributed by atoms with Gasteiger partial charge in [0.2, 0.25) is 5.91 Å². The second-order valence-corrected chi connectivity index (χ2v) is 1.94. The first kappa shape index (κ1) is 8.90. The van der Waals surface area contributed by atoms with Crippen LogP contribution in [0.25, 0.3) is 0 Å². The molecule has 0 heterocycles. The average Bonchev–Trinajstić information content (AvgIpc) is 1.82. The first-order chi connectivity index (χ1) is 4.54. The number of carboxylic acid groups (broad SMARTS) is 1. The summed E-state index contributed by atoms with van der Waals surface area (Å²) in [6, 6.07) is -0.837. The lowest BCUT2D eigenvalue weighted by atomic mass is 10.1. The zero-order valence-electron chi connectivity index (χ0n) is 5.41. The summed E-state index contributed by atoms with van der Waals surface area (Å²) in [5.41, 5.74) is 9.89. The molecule has 0 aromatic carbocycles. The van der Waals surface area contributed by atoms with Crippen LogP contribution in [0.4, 0.5) is 0 Å². The summed E-state index contributed by atoms with van der Waals surface area (Å²) in [4.78, 5) is 20.1. The van der Waals surface area contributed by atoms with Crippen molar-refractivity contribution in [3.05, 3.63) is 0 Å². The molecule has 10 heavy (non-hydrogen) atoms. The Kier molecular flexibility index (Phi) is 3.42. The molecule has 5 nitrogen and oxygen atoms in total. The van der Waals surface area contributed by atoms with Gasteiger partial charge in [-0.1, -0.05) is 0 Å². The summed E-state index contributed by atoms with van der Waals surface area (Å²) >= 11 is 0. The predicted octanol–water partition coefficient (Wildman–Crippen LogP) is -1.34. The van der Waals surface area contributed by atoms with Crippen LogP contribution in [-0.2, 0) is 9.59 Å². The van der Waals surface area contributed by atoms with Crippen LogP contribution >= 0.6 is 0 Å². The van der Waals surface area contributed by atoms with Gasteiger partial charge in [0.1, 0.15) is 0 Å². The van der Waals surface area contributed by atoms with Crippen LogP contribution in [0.15, 0.2) is 0 Å². The molecule has 0 saturated heterocycles. The van der Waals surface area contributed by atoms with Crippen LogP contribution in [-0.4, -0.2) is 23.0 Å². The number of primary amides is 1. The number of aliphatic carboxylic acids is 1. The monoisotopic (exact) mass is 146 g/mol. The second-order valence-electron chi connectivity index (χ2n) is 1.94. The van der Waals surface area contributed by atoms with E-state index in [9.17, 15) is 9.59 Å². The molecular weight excluding hydrogens is 136 g/mol. The van der Waals surface area contributed by atoms with E-state index in [0.717, 1.165) is 0 Å². The molecule has 0 aromatic heterocycles. The van der Waals surface area contributed by atoms with E-state index >= 15 is 0 Å². The van der Waals surface area contributed by atoms with Gasteiger partial charge in [-0.25, -0.2) is 0 Å². The molecule has 5 N–H and O–H groups in total. The van der Waals surface area contributed by atoms with E-state index in [4.69, 9.17) is 16.6 Å². The summed E-state index contributed by atoms with van der Waals surface area (Å²) in [5.74, 6) is -1.64. The predicted molar refractivity (Wildman–Crippen MR) is 34.0 cm³/mol. The number of hydrogen-bond donors (Lipinski definition) is 3. The Balaban J connectivity index is 3.49. The molecule has 0 aliphatic rings. The van der Waals surface area contributed by atoms with E-state index in [1.165, 1.54) is 0 Å². The Morgan fingerprint density at radius 3 is 2.30 bits per heavy atom. The van der Waals surface area contributed by atoms with Gasteiger partial charge in [0.05, 0.1) is 6.04 Å². The minimum Gasteiger partial charge on any atom is -0.481 e. The quantitative estimate of drug-likeness (QED) is 0.456. The minimum atomic E-state index is -0.975. The number of nitrogens with two attached hydrogens (primary N) is 2.